The molecule has 0 unspecified atom stereocenters. The Morgan fingerprint density at radius 3 is 2.94 bits per heavy atom. The molecule has 0 saturated carbocycles. The van der Waals surface area contributed by atoms with E-state index in [0.29, 0.717) is 17.0 Å². The summed E-state index contributed by atoms with van der Waals surface area (Å²) in [6, 6.07) is 0. The van der Waals surface area contributed by atoms with E-state index in [4.69, 9.17) is 5.11 Å². The van der Waals surface area contributed by atoms with Gasteiger partial charge in [-0.2, -0.15) is 0 Å². The lowest BCUT2D eigenvalue weighted by Crippen LogP contribution is -2.31. The quantitative estimate of drug-likeness (QED) is 0.601. The molecule has 0 aliphatic heterocycles. The molecule has 0 spiro atoms. The molecular formula is C9H11N5O3. The van der Waals surface area contributed by atoms with Gasteiger partial charge in [-0.1, -0.05) is 5.21 Å². The summed E-state index contributed by atoms with van der Waals surface area (Å²) in [5.41, 5.74) is 0.417. The van der Waals surface area contributed by atoms with Crippen molar-refractivity contribution in [3.63, 3.8) is 0 Å². The molecule has 0 aliphatic carbocycles. The second-order valence-corrected chi connectivity index (χ2v) is 3.59. The summed E-state index contributed by atoms with van der Waals surface area (Å²) in [5.74, 6) is 0. The van der Waals surface area contributed by atoms with E-state index in [0.717, 1.165) is 0 Å². The Morgan fingerprint density at radius 1 is 1.47 bits per heavy atom. The third-order valence-corrected chi connectivity index (χ3v) is 2.37. The Hall–Kier alpha value is -2.22. The van der Waals surface area contributed by atoms with Crippen LogP contribution in [0.1, 0.15) is 17.0 Å². The summed E-state index contributed by atoms with van der Waals surface area (Å²) in [4.78, 5) is 24.9. The largest absolute Gasteiger partial charge is 0.390 e. The maximum atomic E-state index is 11.5. The van der Waals surface area contributed by atoms with E-state index in [1.165, 1.54) is 10.8 Å². The smallest absolute Gasteiger partial charge is 0.328 e. The van der Waals surface area contributed by atoms with Crippen molar-refractivity contribution in [3.8, 4) is 0 Å². The molecule has 2 rings (SSSR count). The van der Waals surface area contributed by atoms with Crippen molar-refractivity contribution in [2.75, 3.05) is 0 Å². The van der Waals surface area contributed by atoms with E-state index in [1.807, 2.05) is 0 Å². The third kappa shape index (κ3) is 2.16. The molecule has 3 N–H and O–H groups in total. The monoisotopic (exact) mass is 237 g/mol. The summed E-state index contributed by atoms with van der Waals surface area (Å²) >= 11 is 0. The van der Waals surface area contributed by atoms with Crippen molar-refractivity contribution in [2.45, 2.75) is 20.1 Å². The Kier molecular flexibility index (Phi) is 2.88. The second-order valence-electron chi connectivity index (χ2n) is 3.59. The van der Waals surface area contributed by atoms with Crippen molar-refractivity contribution in [1.82, 2.24) is 25.0 Å². The Balaban J connectivity index is 2.40. The zero-order valence-electron chi connectivity index (χ0n) is 9.10. The molecule has 90 valence electrons. The van der Waals surface area contributed by atoms with Gasteiger partial charge in [0.25, 0.3) is 5.56 Å². The predicted molar refractivity (Wildman–Crippen MR) is 57.5 cm³/mol. The molecule has 0 saturated heterocycles. The summed E-state index contributed by atoms with van der Waals surface area (Å²) in [6.07, 6.45) is 1.45. The van der Waals surface area contributed by atoms with Gasteiger partial charge in [0.1, 0.15) is 5.69 Å². The number of hydrogen-bond acceptors (Lipinski definition) is 5. The predicted octanol–water partition coefficient (Wildman–Crippen LogP) is -1.50. The molecule has 0 aliphatic rings. The summed E-state index contributed by atoms with van der Waals surface area (Å²) in [5, 5.41) is 18.8. The van der Waals surface area contributed by atoms with Crippen LogP contribution in [0.3, 0.4) is 0 Å². The average molecular weight is 237 g/mol. The van der Waals surface area contributed by atoms with Crippen LogP contribution in [0.2, 0.25) is 0 Å². The molecule has 0 aromatic carbocycles. The van der Waals surface area contributed by atoms with Crippen LogP contribution in [0.15, 0.2) is 15.8 Å². The van der Waals surface area contributed by atoms with Gasteiger partial charge in [0.2, 0.25) is 0 Å². The van der Waals surface area contributed by atoms with E-state index in [-0.39, 0.29) is 13.2 Å². The molecule has 2 heterocycles. The molecule has 8 nitrogen and oxygen atoms in total. The van der Waals surface area contributed by atoms with Crippen LogP contribution in [0.4, 0.5) is 0 Å². The highest BCUT2D eigenvalue weighted by Gasteiger charge is 2.08. The van der Waals surface area contributed by atoms with Gasteiger partial charge in [-0.05, 0) is 6.92 Å². The fraction of sp³-hybridized carbons (Fsp3) is 0.333. The lowest BCUT2D eigenvalue weighted by molar-refractivity contribution is 0.275. The number of aliphatic hydroxyl groups is 1. The zero-order valence-corrected chi connectivity index (χ0v) is 9.10. The van der Waals surface area contributed by atoms with E-state index in [1.54, 1.807) is 6.92 Å². The Bertz CT molecular complexity index is 639. The van der Waals surface area contributed by atoms with Crippen LogP contribution in [-0.2, 0) is 13.2 Å². The normalized spacial score (nSPS) is 10.7. The van der Waals surface area contributed by atoms with Gasteiger partial charge in [-0.25, -0.2) is 4.79 Å². The number of aryl methyl sites for hydroxylation is 1. The van der Waals surface area contributed by atoms with E-state index in [2.05, 4.69) is 20.4 Å². The molecule has 0 radical (unpaired) electrons. The number of nitrogens with one attached hydrogen (secondary N) is 2. The third-order valence-electron chi connectivity index (χ3n) is 2.37. The number of aliphatic hydroxyl groups excluding tert-OH is 1. The highest BCUT2D eigenvalue weighted by Crippen LogP contribution is 2.02. The summed E-state index contributed by atoms with van der Waals surface area (Å²) in [7, 11) is 0. The molecule has 2 aromatic rings. The molecule has 2 aromatic heterocycles. The van der Waals surface area contributed by atoms with Crippen molar-refractivity contribution in [3.05, 3.63) is 44.0 Å². The number of hydrogen-bond donors (Lipinski definition) is 3. The van der Waals surface area contributed by atoms with Crippen LogP contribution in [0.25, 0.3) is 0 Å². The molecule has 0 fully saturated rings. The van der Waals surface area contributed by atoms with Gasteiger partial charge in [0.15, 0.2) is 0 Å². The van der Waals surface area contributed by atoms with Crippen LogP contribution in [0.5, 0.6) is 0 Å². The molecule has 8 heteroatoms. The van der Waals surface area contributed by atoms with Gasteiger partial charge >= 0.3 is 5.69 Å². The highest BCUT2D eigenvalue weighted by atomic mass is 16.3. The number of rotatable bonds is 3. The summed E-state index contributed by atoms with van der Waals surface area (Å²) < 4.78 is 1.31. The van der Waals surface area contributed by atoms with Gasteiger partial charge in [0, 0.05) is 11.8 Å². The summed E-state index contributed by atoms with van der Waals surface area (Å²) in [6.45, 7) is 1.51. The van der Waals surface area contributed by atoms with E-state index >= 15 is 0 Å². The minimum absolute atomic E-state index is 0.166. The lowest BCUT2D eigenvalue weighted by Gasteiger charge is -2.04. The molecular weight excluding hydrogens is 226 g/mol. The molecule has 0 amide bonds. The minimum atomic E-state index is -0.515. The fourth-order valence-corrected chi connectivity index (χ4v) is 1.43. The second kappa shape index (κ2) is 4.34. The van der Waals surface area contributed by atoms with Crippen LogP contribution in [-0.4, -0.2) is 30.1 Å². The van der Waals surface area contributed by atoms with E-state index < -0.39 is 11.2 Å². The maximum Gasteiger partial charge on any atom is 0.328 e. The molecule has 0 bridgehead atoms. The standard InChI is InChI=1S/C9H11N5O3/c1-5-2-14(9(17)10-8(5)16)3-6-7(4-15)12-13-11-6/h2,15H,3-4H2,1H3,(H,10,16,17)(H,11,12,13). The van der Waals surface area contributed by atoms with Crippen LogP contribution in [0, 0.1) is 6.92 Å². The first-order valence-corrected chi connectivity index (χ1v) is 4.92. The van der Waals surface area contributed by atoms with Crippen molar-refractivity contribution >= 4 is 0 Å². The average Bonchev–Trinajstić information content (AvgIpc) is 2.73. The fourth-order valence-electron chi connectivity index (χ4n) is 1.43. The highest BCUT2D eigenvalue weighted by molar-refractivity contribution is 5.09. The number of aromatic nitrogens is 5. The first kappa shape index (κ1) is 11.3. The SMILES string of the molecule is Cc1cn(Cc2[nH]nnc2CO)c(=O)[nH]c1=O. The minimum Gasteiger partial charge on any atom is -0.390 e. The topological polar surface area (TPSA) is 117 Å². The van der Waals surface area contributed by atoms with Crippen molar-refractivity contribution in [2.24, 2.45) is 0 Å². The maximum absolute atomic E-state index is 11.5. The molecule has 17 heavy (non-hydrogen) atoms. The Labute approximate surface area is 94.9 Å². The Morgan fingerprint density at radius 2 is 2.24 bits per heavy atom. The van der Waals surface area contributed by atoms with Gasteiger partial charge in [-0.15, -0.1) is 5.10 Å². The zero-order chi connectivity index (χ0) is 12.4. The molecule has 0 atom stereocenters. The van der Waals surface area contributed by atoms with Crippen LogP contribution >= 0.6 is 0 Å². The van der Waals surface area contributed by atoms with Gasteiger partial charge < -0.3 is 5.11 Å². The number of aromatic amines is 2. The first-order valence-electron chi connectivity index (χ1n) is 4.92. The number of nitrogens with zero attached hydrogens (tertiary/aromatic N) is 3. The van der Waals surface area contributed by atoms with Crippen molar-refractivity contribution in [1.29, 1.82) is 0 Å². The van der Waals surface area contributed by atoms with Gasteiger partial charge in [-0.3, -0.25) is 19.4 Å². The lowest BCUT2D eigenvalue weighted by atomic mass is 10.3. The van der Waals surface area contributed by atoms with Crippen LogP contribution < -0.4 is 11.2 Å². The van der Waals surface area contributed by atoms with Crippen molar-refractivity contribution < 1.29 is 5.11 Å². The van der Waals surface area contributed by atoms with Gasteiger partial charge in [0.05, 0.1) is 18.8 Å². The number of H-pyrrole nitrogens is 2. The van der Waals surface area contributed by atoms with E-state index in [9.17, 15) is 9.59 Å². The first-order chi connectivity index (χ1) is 8.11.